The zero-order valence-electron chi connectivity index (χ0n) is 15.3. The number of aromatic nitrogens is 1. The number of nitrogens with one attached hydrogen (secondary N) is 2. The molecule has 2 N–H and O–H groups in total. The van der Waals surface area contributed by atoms with Crippen LogP contribution in [0.15, 0.2) is 4.42 Å². The van der Waals surface area contributed by atoms with Crippen molar-refractivity contribution >= 4 is 30.7 Å². The van der Waals surface area contributed by atoms with E-state index < -0.39 is 6.17 Å². The third kappa shape index (κ3) is 6.08. The van der Waals surface area contributed by atoms with Gasteiger partial charge in [-0.25, -0.2) is 9.37 Å². The van der Waals surface area contributed by atoms with Gasteiger partial charge >= 0.3 is 0 Å². The quantitative estimate of drug-likeness (QED) is 0.777. The molecule has 1 aromatic heterocycles. The summed E-state index contributed by atoms with van der Waals surface area (Å²) in [4.78, 5) is 18.8. The number of hydrogen-bond donors (Lipinski definition) is 2. The van der Waals surface area contributed by atoms with Crippen LogP contribution in [0, 0.1) is 19.8 Å². The van der Waals surface area contributed by atoms with Crippen molar-refractivity contribution in [1.82, 2.24) is 20.5 Å². The molecule has 3 heterocycles. The lowest BCUT2D eigenvalue weighted by Crippen LogP contribution is -2.44. The predicted octanol–water partition coefficient (Wildman–Crippen LogP) is 2.16. The van der Waals surface area contributed by atoms with Crippen LogP contribution in [0.2, 0.25) is 0 Å². The van der Waals surface area contributed by atoms with Crippen LogP contribution in [0.3, 0.4) is 0 Å². The second-order valence-corrected chi connectivity index (χ2v) is 7.01. The van der Waals surface area contributed by atoms with Crippen molar-refractivity contribution in [1.29, 1.82) is 0 Å². The minimum atomic E-state index is -0.897. The van der Waals surface area contributed by atoms with Gasteiger partial charge in [-0.15, -0.1) is 24.8 Å². The SMILES string of the molecule is Cc1nc(CN2CCC(CNC(=O)[C@H]3C[C@H](F)CN3)CC2)oc1C.Cl.Cl. The van der Waals surface area contributed by atoms with E-state index in [0.717, 1.165) is 49.8 Å². The number of rotatable bonds is 5. The number of hydrogen-bond acceptors (Lipinski definition) is 5. The van der Waals surface area contributed by atoms with Gasteiger partial charge in [0.05, 0.1) is 18.3 Å². The highest BCUT2D eigenvalue weighted by Crippen LogP contribution is 2.19. The van der Waals surface area contributed by atoms with Gasteiger partial charge in [-0.1, -0.05) is 0 Å². The smallest absolute Gasteiger partial charge is 0.237 e. The summed E-state index contributed by atoms with van der Waals surface area (Å²) >= 11 is 0. The predicted molar refractivity (Wildman–Crippen MR) is 103 cm³/mol. The minimum absolute atomic E-state index is 0. The first-order valence-corrected chi connectivity index (χ1v) is 8.81. The van der Waals surface area contributed by atoms with Crippen LogP contribution in [0.25, 0.3) is 0 Å². The zero-order chi connectivity index (χ0) is 17.1. The van der Waals surface area contributed by atoms with Gasteiger partial charge in [-0.3, -0.25) is 9.69 Å². The van der Waals surface area contributed by atoms with Gasteiger partial charge in [-0.2, -0.15) is 0 Å². The standard InChI is InChI=1S/C17H27FN4O2.2ClH/c1-11-12(2)24-16(21-11)10-22-5-3-13(4-6-22)8-20-17(23)15-7-14(18)9-19-15;;/h13-15,19H,3-10H2,1-2H3,(H,20,23);2*1H/t14-,15+;;/m0../s1. The molecule has 2 saturated heterocycles. The highest BCUT2D eigenvalue weighted by molar-refractivity contribution is 5.85. The number of piperidine rings is 1. The molecule has 2 aliphatic heterocycles. The summed E-state index contributed by atoms with van der Waals surface area (Å²) in [6.45, 7) is 7.57. The number of alkyl halides is 1. The fourth-order valence-corrected chi connectivity index (χ4v) is 3.41. The Balaban J connectivity index is 0.00000169. The van der Waals surface area contributed by atoms with Crippen LogP contribution < -0.4 is 10.6 Å². The van der Waals surface area contributed by atoms with Crippen molar-refractivity contribution in [2.75, 3.05) is 26.2 Å². The molecule has 3 rings (SSSR count). The molecule has 0 radical (unpaired) electrons. The number of oxazole rings is 1. The Hall–Kier alpha value is -0.890. The third-order valence-electron chi connectivity index (χ3n) is 5.10. The monoisotopic (exact) mass is 410 g/mol. The van der Waals surface area contributed by atoms with Crippen molar-refractivity contribution in [3.8, 4) is 0 Å². The van der Waals surface area contributed by atoms with Gasteiger partial charge in [0.2, 0.25) is 11.8 Å². The number of carbonyl (C=O) groups excluding carboxylic acids is 1. The second kappa shape index (κ2) is 10.4. The molecule has 2 aliphatic rings. The fourth-order valence-electron chi connectivity index (χ4n) is 3.41. The van der Waals surface area contributed by atoms with Crippen molar-refractivity contribution < 1.29 is 13.6 Å². The first-order valence-electron chi connectivity index (χ1n) is 8.81. The van der Waals surface area contributed by atoms with Crippen LogP contribution in [0.1, 0.15) is 36.6 Å². The molecule has 0 bridgehead atoms. The molecule has 1 amide bonds. The number of likely N-dealkylation sites (tertiary alicyclic amines) is 1. The van der Waals surface area contributed by atoms with E-state index in [0.29, 0.717) is 18.9 Å². The lowest BCUT2D eigenvalue weighted by molar-refractivity contribution is -0.123. The average molecular weight is 411 g/mol. The molecule has 0 unspecified atom stereocenters. The molecule has 0 aliphatic carbocycles. The largest absolute Gasteiger partial charge is 0.444 e. The van der Waals surface area contributed by atoms with Crippen molar-refractivity contribution in [3.63, 3.8) is 0 Å². The van der Waals surface area contributed by atoms with Crippen LogP contribution in [0.4, 0.5) is 4.39 Å². The van der Waals surface area contributed by atoms with Crippen LogP contribution in [-0.2, 0) is 11.3 Å². The van der Waals surface area contributed by atoms with Crippen LogP contribution >= 0.6 is 24.8 Å². The summed E-state index contributed by atoms with van der Waals surface area (Å²) in [6, 6.07) is -0.364. The summed E-state index contributed by atoms with van der Waals surface area (Å²) < 4.78 is 18.8. The molecule has 0 saturated carbocycles. The Labute approximate surface area is 166 Å². The lowest BCUT2D eigenvalue weighted by Gasteiger charge is -2.31. The van der Waals surface area contributed by atoms with E-state index in [4.69, 9.17) is 4.42 Å². The van der Waals surface area contributed by atoms with Crippen LogP contribution in [0.5, 0.6) is 0 Å². The fraction of sp³-hybridized carbons (Fsp3) is 0.765. The summed E-state index contributed by atoms with van der Waals surface area (Å²) in [7, 11) is 0. The summed E-state index contributed by atoms with van der Waals surface area (Å²) in [5.74, 6) is 2.09. The second-order valence-electron chi connectivity index (χ2n) is 7.01. The van der Waals surface area contributed by atoms with Gasteiger partial charge < -0.3 is 15.1 Å². The van der Waals surface area contributed by atoms with Gasteiger partial charge in [-0.05, 0) is 45.7 Å². The number of halogens is 3. The lowest BCUT2D eigenvalue weighted by atomic mass is 9.96. The maximum absolute atomic E-state index is 13.1. The van der Waals surface area contributed by atoms with E-state index >= 15 is 0 Å². The maximum Gasteiger partial charge on any atom is 0.237 e. The molecule has 2 fully saturated rings. The van der Waals surface area contributed by atoms with E-state index in [-0.39, 0.29) is 43.3 Å². The Morgan fingerprint density at radius 1 is 1.35 bits per heavy atom. The molecule has 150 valence electrons. The van der Waals surface area contributed by atoms with Gasteiger partial charge in [0.15, 0.2) is 0 Å². The Morgan fingerprint density at radius 3 is 2.58 bits per heavy atom. The number of nitrogens with zero attached hydrogens (tertiary/aromatic N) is 2. The summed E-state index contributed by atoms with van der Waals surface area (Å²) in [5.41, 5.74) is 0.957. The zero-order valence-corrected chi connectivity index (χ0v) is 16.9. The van der Waals surface area contributed by atoms with Crippen molar-refractivity contribution in [3.05, 3.63) is 17.3 Å². The van der Waals surface area contributed by atoms with E-state index in [1.165, 1.54) is 0 Å². The first-order chi connectivity index (χ1) is 11.5. The molecule has 26 heavy (non-hydrogen) atoms. The van der Waals surface area contributed by atoms with Crippen LogP contribution in [-0.4, -0.2) is 54.2 Å². The molecule has 9 heteroatoms. The normalized spacial score (nSPS) is 24.0. The highest BCUT2D eigenvalue weighted by atomic mass is 35.5. The third-order valence-corrected chi connectivity index (χ3v) is 5.10. The molecular formula is C17H29Cl2FN4O2. The Morgan fingerprint density at radius 2 is 2.04 bits per heavy atom. The topological polar surface area (TPSA) is 70.4 Å². The van der Waals surface area contributed by atoms with E-state index in [1.54, 1.807) is 0 Å². The first kappa shape index (κ1) is 23.1. The molecule has 1 aromatic rings. The van der Waals surface area contributed by atoms with E-state index in [2.05, 4.69) is 20.5 Å². The Bertz CT molecular complexity index is 560. The van der Waals surface area contributed by atoms with Crippen molar-refractivity contribution in [2.45, 2.75) is 51.9 Å². The maximum atomic E-state index is 13.1. The van der Waals surface area contributed by atoms with Gasteiger partial charge in [0, 0.05) is 19.5 Å². The highest BCUT2D eigenvalue weighted by Gasteiger charge is 2.29. The molecule has 2 atom stereocenters. The molecule has 6 nitrogen and oxygen atoms in total. The summed E-state index contributed by atoms with van der Waals surface area (Å²) in [6.07, 6.45) is 1.48. The van der Waals surface area contributed by atoms with E-state index in [1.807, 2.05) is 13.8 Å². The van der Waals surface area contributed by atoms with Gasteiger partial charge in [0.1, 0.15) is 11.9 Å². The number of aryl methyl sites for hydroxylation is 2. The molecule has 0 spiro atoms. The molecular weight excluding hydrogens is 382 g/mol. The number of amides is 1. The number of carbonyl (C=O) groups is 1. The van der Waals surface area contributed by atoms with Crippen molar-refractivity contribution in [2.24, 2.45) is 5.92 Å². The average Bonchev–Trinajstić information content (AvgIpc) is 3.12. The summed E-state index contributed by atoms with van der Waals surface area (Å²) in [5, 5.41) is 5.89. The molecule has 0 aromatic carbocycles. The minimum Gasteiger partial charge on any atom is -0.444 e. The Kier molecular flexibility index (Phi) is 9.30. The van der Waals surface area contributed by atoms with Gasteiger partial charge in [0.25, 0.3) is 0 Å². The van der Waals surface area contributed by atoms with E-state index in [9.17, 15) is 9.18 Å².